The van der Waals surface area contributed by atoms with Crippen molar-refractivity contribution in [3.8, 4) is 0 Å². The van der Waals surface area contributed by atoms with Crippen molar-refractivity contribution < 1.29 is 4.79 Å². The topological polar surface area (TPSA) is 32.3 Å². The number of rotatable bonds is 1. The van der Waals surface area contributed by atoms with Crippen LogP contribution in [0.25, 0.3) is 0 Å². The van der Waals surface area contributed by atoms with E-state index < -0.39 is 0 Å². The Morgan fingerprint density at radius 1 is 1.38 bits per heavy atom. The van der Waals surface area contributed by atoms with Crippen LogP contribution in [-0.4, -0.2) is 37.0 Å². The monoisotopic (exact) mass is 180 g/mol. The molecule has 72 valence electrons. The Kier molecular flexibility index (Phi) is 2.36. The molecule has 3 heteroatoms. The Morgan fingerprint density at radius 3 is 2.54 bits per heavy atom. The molecular formula is C10H16N2O. The number of fused-ring (bicyclic) bond motifs is 1. The third kappa shape index (κ3) is 1.61. The molecule has 2 saturated heterocycles. The third-order valence-electron chi connectivity index (χ3n) is 3.01. The van der Waals surface area contributed by atoms with Gasteiger partial charge in [0.15, 0.2) is 0 Å². The highest BCUT2D eigenvalue weighted by Crippen LogP contribution is 2.26. The van der Waals surface area contributed by atoms with Crippen molar-refractivity contribution in [2.75, 3.05) is 26.2 Å². The zero-order chi connectivity index (χ0) is 9.26. The van der Waals surface area contributed by atoms with Crippen LogP contribution in [0, 0.1) is 11.8 Å². The Balaban J connectivity index is 1.95. The predicted octanol–water partition coefficient (Wildman–Crippen LogP) is 0.240. The molecule has 0 aromatic rings. The van der Waals surface area contributed by atoms with Gasteiger partial charge in [0, 0.05) is 26.2 Å². The Labute approximate surface area is 78.8 Å². The van der Waals surface area contributed by atoms with Crippen LogP contribution in [0.3, 0.4) is 0 Å². The molecule has 2 fully saturated rings. The van der Waals surface area contributed by atoms with Crippen molar-refractivity contribution in [2.24, 2.45) is 11.8 Å². The van der Waals surface area contributed by atoms with Gasteiger partial charge in [-0.3, -0.25) is 4.79 Å². The second-order valence-corrected chi connectivity index (χ2v) is 3.92. The summed E-state index contributed by atoms with van der Waals surface area (Å²) < 4.78 is 0. The summed E-state index contributed by atoms with van der Waals surface area (Å²) in [6.45, 7) is 5.95. The second-order valence-electron chi connectivity index (χ2n) is 3.92. The SMILES string of the molecule is CC=CC(=O)N1CC2CNCC2C1. The molecule has 2 aliphatic rings. The molecule has 0 aliphatic carbocycles. The van der Waals surface area contributed by atoms with Crippen molar-refractivity contribution in [3.05, 3.63) is 12.2 Å². The lowest BCUT2D eigenvalue weighted by Gasteiger charge is -2.14. The largest absolute Gasteiger partial charge is 0.338 e. The van der Waals surface area contributed by atoms with E-state index in [4.69, 9.17) is 0 Å². The van der Waals surface area contributed by atoms with E-state index in [0.29, 0.717) is 11.8 Å². The summed E-state index contributed by atoms with van der Waals surface area (Å²) >= 11 is 0. The van der Waals surface area contributed by atoms with Crippen molar-refractivity contribution in [2.45, 2.75) is 6.92 Å². The fourth-order valence-electron chi connectivity index (χ4n) is 2.28. The second kappa shape index (κ2) is 3.50. The van der Waals surface area contributed by atoms with Crippen molar-refractivity contribution in [3.63, 3.8) is 0 Å². The summed E-state index contributed by atoms with van der Waals surface area (Å²) in [5, 5.41) is 3.36. The molecule has 2 rings (SSSR count). The molecule has 0 aromatic carbocycles. The summed E-state index contributed by atoms with van der Waals surface area (Å²) in [5.41, 5.74) is 0. The van der Waals surface area contributed by atoms with Crippen LogP contribution in [0.2, 0.25) is 0 Å². The van der Waals surface area contributed by atoms with E-state index in [1.807, 2.05) is 17.9 Å². The fraction of sp³-hybridized carbons (Fsp3) is 0.700. The lowest BCUT2D eigenvalue weighted by Crippen LogP contribution is -2.30. The van der Waals surface area contributed by atoms with Crippen LogP contribution in [0.4, 0.5) is 0 Å². The van der Waals surface area contributed by atoms with Crippen LogP contribution in [0.5, 0.6) is 0 Å². The van der Waals surface area contributed by atoms with Gasteiger partial charge >= 0.3 is 0 Å². The minimum Gasteiger partial charge on any atom is -0.338 e. The van der Waals surface area contributed by atoms with Gasteiger partial charge in [-0.2, -0.15) is 0 Å². The highest BCUT2D eigenvalue weighted by Gasteiger charge is 2.37. The van der Waals surface area contributed by atoms with Gasteiger partial charge in [-0.1, -0.05) is 6.08 Å². The first kappa shape index (κ1) is 8.75. The highest BCUT2D eigenvalue weighted by molar-refractivity contribution is 5.87. The molecule has 0 bridgehead atoms. The molecule has 0 aromatic heterocycles. The molecular weight excluding hydrogens is 164 g/mol. The number of likely N-dealkylation sites (tertiary alicyclic amines) is 1. The van der Waals surface area contributed by atoms with E-state index in [1.54, 1.807) is 6.08 Å². The summed E-state index contributed by atoms with van der Waals surface area (Å²) in [6, 6.07) is 0. The number of hydrogen-bond acceptors (Lipinski definition) is 2. The van der Waals surface area contributed by atoms with Gasteiger partial charge in [0.05, 0.1) is 0 Å². The average Bonchev–Trinajstić information content (AvgIpc) is 2.61. The predicted molar refractivity (Wildman–Crippen MR) is 51.2 cm³/mol. The van der Waals surface area contributed by atoms with Crippen LogP contribution in [0.15, 0.2) is 12.2 Å². The number of nitrogens with one attached hydrogen (secondary N) is 1. The summed E-state index contributed by atoms with van der Waals surface area (Å²) in [7, 11) is 0. The Bertz CT molecular complexity index is 225. The summed E-state index contributed by atoms with van der Waals surface area (Å²) in [5.74, 6) is 1.58. The Hall–Kier alpha value is -0.830. The van der Waals surface area contributed by atoms with Crippen molar-refractivity contribution in [1.82, 2.24) is 10.2 Å². The average molecular weight is 180 g/mol. The fourth-order valence-corrected chi connectivity index (χ4v) is 2.28. The molecule has 1 amide bonds. The van der Waals surface area contributed by atoms with Gasteiger partial charge < -0.3 is 10.2 Å². The summed E-state index contributed by atoms with van der Waals surface area (Å²) in [6.07, 6.45) is 3.48. The molecule has 0 radical (unpaired) electrons. The lowest BCUT2D eigenvalue weighted by atomic mass is 10.0. The first-order valence-electron chi connectivity index (χ1n) is 4.93. The number of nitrogens with zero attached hydrogens (tertiary/aromatic N) is 1. The zero-order valence-electron chi connectivity index (χ0n) is 7.99. The normalized spacial score (nSPS) is 32.8. The zero-order valence-corrected chi connectivity index (χ0v) is 7.99. The van der Waals surface area contributed by atoms with E-state index in [2.05, 4.69) is 5.32 Å². The van der Waals surface area contributed by atoms with E-state index >= 15 is 0 Å². The van der Waals surface area contributed by atoms with Crippen molar-refractivity contribution >= 4 is 5.91 Å². The molecule has 0 saturated carbocycles. The smallest absolute Gasteiger partial charge is 0.246 e. The maximum atomic E-state index is 11.5. The van der Waals surface area contributed by atoms with Crippen LogP contribution in [-0.2, 0) is 4.79 Å². The molecule has 2 unspecified atom stereocenters. The van der Waals surface area contributed by atoms with Crippen LogP contribution < -0.4 is 5.32 Å². The molecule has 2 atom stereocenters. The molecule has 2 heterocycles. The van der Waals surface area contributed by atoms with Gasteiger partial charge in [0.25, 0.3) is 0 Å². The maximum Gasteiger partial charge on any atom is 0.246 e. The van der Waals surface area contributed by atoms with E-state index in [-0.39, 0.29) is 5.91 Å². The van der Waals surface area contributed by atoms with E-state index in [9.17, 15) is 4.79 Å². The number of carbonyl (C=O) groups excluding carboxylic acids is 1. The Morgan fingerprint density at radius 2 is 2.00 bits per heavy atom. The molecule has 3 nitrogen and oxygen atoms in total. The molecule has 13 heavy (non-hydrogen) atoms. The highest BCUT2D eigenvalue weighted by atomic mass is 16.2. The van der Waals surface area contributed by atoms with E-state index in [1.165, 1.54) is 0 Å². The number of amides is 1. The molecule has 1 N–H and O–H groups in total. The maximum absolute atomic E-state index is 11.5. The third-order valence-corrected chi connectivity index (χ3v) is 3.01. The van der Waals surface area contributed by atoms with Crippen LogP contribution >= 0.6 is 0 Å². The lowest BCUT2D eigenvalue weighted by molar-refractivity contribution is -0.125. The van der Waals surface area contributed by atoms with Gasteiger partial charge in [-0.05, 0) is 24.8 Å². The van der Waals surface area contributed by atoms with E-state index in [0.717, 1.165) is 26.2 Å². The van der Waals surface area contributed by atoms with Gasteiger partial charge in [-0.25, -0.2) is 0 Å². The number of carbonyl (C=O) groups is 1. The standard InChI is InChI=1S/C10H16N2O/c1-2-3-10(13)12-6-8-4-11-5-9(8)7-12/h2-3,8-9,11H,4-7H2,1H3. The summed E-state index contributed by atoms with van der Waals surface area (Å²) in [4.78, 5) is 13.5. The van der Waals surface area contributed by atoms with Gasteiger partial charge in [-0.15, -0.1) is 0 Å². The van der Waals surface area contributed by atoms with Crippen molar-refractivity contribution in [1.29, 1.82) is 0 Å². The minimum atomic E-state index is 0.178. The first-order chi connectivity index (χ1) is 6.31. The molecule has 2 aliphatic heterocycles. The minimum absolute atomic E-state index is 0.178. The first-order valence-corrected chi connectivity index (χ1v) is 4.93. The molecule has 0 spiro atoms. The number of allylic oxidation sites excluding steroid dienone is 1. The van der Waals surface area contributed by atoms with Gasteiger partial charge in [0.1, 0.15) is 0 Å². The van der Waals surface area contributed by atoms with Crippen LogP contribution in [0.1, 0.15) is 6.92 Å². The quantitative estimate of drug-likeness (QED) is 0.586. The number of hydrogen-bond donors (Lipinski definition) is 1. The van der Waals surface area contributed by atoms with Gasteiger partial charge in [0.2, 0.25) is 5.91 Å².